The molecule has 1 N–H and O–H groups in total. The Morgan fingerprint density at radius 3 is 2.58 bits per heavy atom. The second kappa shape index (κ2) is 6.57. The van der Waals surface area contributed by atoms with Crippen molar-refractivity contribution in [2.24, 2.45) is 13.0 Å². The van der Waals surface area contributed by atoms with Crippen LogP contribution in [-0.2, 0) is 23.1 Å². The number of hydrogen-bond acceptors (Lipinski definition) is 3. The van der Waals surface area contributed by atoms with Crippen molar-refractivity contribution in [1.29, 1.82) is 0 Å². The first-order chi connectivity index (χ1) is 11.4. The Kier molecular flexibility index (Phi) is 4.65. The molecule has 1 amide bonds. The average Bonchev–Trinajstić information content (AvgIpc) is 3.04. The Morgan fingerprint density at radius 1 is 1.25 bits per heavy atom. The number of amides is 1. The zero-order chi connectivity index (χ0) is 17.4. The molecule has 0 radical (unpaired) electrons. The lowest BCUT2D eigenvalue weighted by atomic mass is 9.84. The van der Waals surface area contributed by atoms with Gasteiger partial charge >= 0.3 is 5.97 Å². The van der Waals surface area contributed by atoms with Crippen molar-refractivity contribution in [3.8, 4) is 0 Å². The first-order valence-corrected chi connectivity index (χ1v) is 8.93. The summed E-state index contributed by atoms with van der Waals surface area (Å²) in [4.78, 5) is 26.2. The maximum absolute atomic E-state index is 12.9. The number of carboxylic acid groups (broad SMARTS) is 1. The summed E-state index contributed by atoms with van der Waals surface area (Å²) in [6.07, 6.45) is 5.87. The monoisotopic (exact) mass is 333 g/mol. The van der Waals surface area contributed by atoms with Gasteiger partial charge in [0.15, 0.2) is 0 Å². The molecule has 2 aliphatic rings. The van der Waals surface area contributed by atoms with Gasteiger partial charge in [0.2, 0.25) is 5.91 Å². The summed E-state index contributed by atoms with van der Waals surface area (Å²) in [5, 5.41) is 13.9. The minimum atomic E-state index is -0.855. The van der Waals surface area contributed by atoms with Crippen LogP contribution in [0.5, 0.6) is 0 Å². The number of aliphatic carboxylic acids is 1. The lowest BCUT2D eigenvalue weighted by Crippen LogP contribution is -2.46. The Hall–Kier alpha value is -1.85. The van der Waals surface area contributed by atoms with E-state index in [1.807, 2.05) is 25.6 Å². The maximum Gasteiger partial charge on any atom is 0.326 e. The van der Waals surface area contributed by atoms with Crippen LogP contribution in [0.25, 0.3) is 0 Å². The van der Waals surface area contributed by atoms with Gasteiger partial charge in [-0.05, 0) is 51.0 Å². The highest BCUT2D eigenvalue weighted by molar-refractivity contribution is 5.85. The zero-order valence-electron chi connectivity index (χ0n) is 14.8. The van der Waals surface area contributed by atoms with Crippen molar-refractivity contribution in [2.45, 2.75) is 70.9 Å². The number of fused-ring (bicyclic) bond motifs is 1. The molecule has 24 heavy (non-hydrogen) atoms. The van der Waals surface area contributed by atoms with Crippen molar-refractivity contribution in [3.05, 3.63) is 17.0 Å². The number of aromatic nitrogens is 2. The molecule has 1 saturated heterocycles. The fraction of sp³-hybridized carbons (Fsp3) is 0.722. The molecule has 0 aromatic carbocycles. The molecular weight excluding hydrogens is 306 g/mol. The predicted molar refractivity (Wildman–Crippen MR) is 89.6 cm³/mol. The van der Waals surface area contributed by atoms with Crippen LogP contribution >= 0.6 is 0 Å². The summed E-state index contributed by atoms with van der Waals surface area (Å²) in [5.74, 6) is -0.503. The van der Waals surface area contributed by atoms with Gasteiger partial charge in [-0.3, -0.25) is 9.48 Å². The molecule has 2 fully saturated rings. The molecule has 6 nitrogen and oxygen atoms in total. The molecule has 1 aromatic rings. The van der Waals surface area contributed by atoms with Gasteiger partial charge in [0.1, 0.15) is 6.04 Å². The number of rotatable bonds is 4. The summed E-state index contributed by atoms with van der Waals surface area (Å²) < 4.78 is 1.84. The van der Waals surface area contributed by atoms with Gasteiger partial charge in [-0.25, -0.2) is 4.79 Å². The molecule has 1 aromatic heterocycles. The predicted octanol–water partition coefficient (Wildman–Crippen LogP) is 2.21. The van der Waals surface area contributed by atoms with Crippen molar-refractivity contribution >= 4 is 11.9 Å². The van der Waals surface area contributed by atoms with E-state index in [4.69, 9.17) is 0 Å². The van der Waals surface area contributed by atoms with Gasteiger partial charge in [-0.1, -0.05) is 12.8 Å². The largest absolute Gasteiger partial charge is 0.480 e. The highest BCUT2D eigenvalue weighted by Crippen LogP contribution is 2.40. The number of nitrogens with zero attached hydrogens (tertiary/aromatic N) is 3. The van der Waals surface area contributed by atoms with Gasteiger partial charge in [0.25, 0.3) is 0 Å². The molecule has 132 valence electrons. The number of aryl methyl sites for hydroxylation is 2. The van der Waals surface area contributed by atoms with E-state index in [2.05, 4.69) is 5.10 Å². The first kappa shape index (κ1) is 17.0. The minimum Gasteiger partial charge on any atom is -0.480 e. The van der Waals surface area contributed by atoms with Crippen LogP contribution in [0, 0.1) is 19.8 Å². The van der Waals surface area contributed by atoms with E-state index in [9.17, 15) is 14.7 Å². The fourth-order valence-corrected chi connectivity index (χ4v) is 4.58. The average molecular weight is 333 g/mol. The number of hydrogen-bond donors (Lipinski definition) is 1. The lowest BCUT2D eigenvalue weighted by Gasteiger charge is -2.33. The molecule has 3 rings (SSSR count). The van der Waals surface area contributed by atoms with E-state index >= 15 is 0 Å². The van der Waals surface area contributed by atoms with Crippen LogP contribution < -0.4 is 0 Å². The third-order valence-electron chi connectivity index (χ3n) is 5.91. The maximum atomic E-state index is 12.9. The first-order valence-electron chi connectivity index (χ1n) is 8.93. The molecule has 1 aliphatic heterocycles. The van der Waals surface area contributed by atoms with Crippen LogP contribution in [0.4, 0.5) is 0 Å². The van der Waals surface area contributed by atoms with E-state index in [1.54, 1.807) is 4.90 Å². The van der Waals surface area contributed by atoms with Gasteiger partial charge in [-0.2, -0.15) is 5.10 Å². The molecule has 1 aliphatic carbocycles. The summed E-state index contributed by atoms with van der Waals surface area (Å²) >= 11 is 0. The Labute approximate surface area is 142 Å². The molecule has 0 spiro atoms. The topological polar surface area (TPSA) is 75.4 Å². The molecule has 3 atom stereocenters. The van der Waals surface area contributed by atoms with E-state index in [1.165, 1.54) is 0 Å². The van der Waals surface area contributed by atoms with E-state index < -0.39 is 12.0 Å². The highest BCUT2D eigenvalue weighted by Gasteiger charge is 2.47. The minimum absolute atomic E-state index is 0.0144. The number of carbonyl (C=O) groups excluding carboxylic acids is 1. The Morgan fingerprint density at radius 2 is 1.96 bits per heavy atom. The van der Waals surface area contributed by atoms with Gasteiger partial charge in [-0.15, -0.1) is 0 Å². The van der Waals surface area contributed by atoms with Crippen LogP contribution in [0.1, 0.15) is 55.5 Å². The van der Waals surface area contributed by atoms with Crippen molar-refractivity contribution < 1.29 is 14.7 Å². The third kappa shape index (κ3) is 2.94. The van der Waals surface area contributed by atoms with Gasteiger partial charge in [0.05, 0.1) is 5.69 Å². The highest BCUT2D eigenvalue weighted by atomic mass is 16.4. The summed E-state index contributed by atoms with van der Waals surface area (Å²) in [7, 11) is 1.90. The Balaban J connectivity index is 1.73. The smallest absolute Gasteiger partial charge is 0.326 e. The van der Waals surface area contributed by atoms with E-state index in [0.29, 0.717) is 25.2 Å². The quantitative estimate of drug-likeness (QED) is 0.917. The number of carbonyl (C=O) groups is 2. The van der Waals surface area contributed by atoms with E-state index in [-0.39, 0.29) is 11.9 Å². The van der Waals surface area contributed by atoms with Crippen LogP contribution in [0.2, 0.25) is 0 Å². The van der Waals surface area contributed by atoms with Gasteiger partial charge in [0, 0.05) is 25.2 Å². The molecule has 0 bridgehead atoms. The standard InChI is InChI=1S/C18H27N3O3/c1-11-14(12(2)20(3)19-11)8-9-17(22)21-15-7-5-4-6-13(15)10-16(21)18(23)24/h13,15-16H,4-10H2,1-3H3,(H,23,24)/t13-,15-,16+/m1/s1. The van der Waals surface area contributed by atoms with Crippen LogP contribution in [-0.4, -0.2) is 43.7 Å². The van der Waals surface area contributed by atoms with Gasteiger partial charge < -0.3 is 10.0 Å². The molecular formula is C18H27N3O3. The molecule has 0 unspecified atom stereocenters. The van der Waals surface area contributed by atoms with Crippen molar-refractivity contribution in [3.63, 3.8) is 0 Å². The molecule has 2 heterocycles. The van der Waals surface area contributed by atoms with Crippen LogP contribution in [0.15, 0.2) is 0 Å². The number of likely N-dealkylation sites (tertiary alicyclic amines) is 1. The summed E-state index contributed by atoms with van der Waals surface area (Å²) in [6.45, 7) is 3.97. The van der Waals surface area contributed by atoms with Crippen LogP contribution in [0.3, 0.4) is 0 Å². The molecule has 6 heteroatoms. The SMILES string of the molecule is Cc1nn(C)c(C)c1CCC(=O)N1[C@@H]2CCCC[C@@H]2C[C@H]1C(=O)O. The van der Waals surface area contributed by atoms with Crippen molar-refractivity contribution in [1.82, 2.24) is 14.7 Å². The molecule has 1 saturated carbocycles. The fourth-order valence-electron chi connectivity index (χ4n) is 4.58. The number of carboxylic acids is 1. The zero-order valence-corrected chi connectivity index (χ0v) is 14.8. The lowest BCUT2D eigenvalue weighted by molar-refractivity contribution is -0.149. The Bertz CT molecular complexity index is 652. The summed E-state index contributed by atoms with van der Waals surface area (Å²) in [5.41, 5.74) is 3.14. The van der Waals surface area contributed by atoms with Crippen molar-refractivity contribution in [2.75, 3.05) is 0 Å². The summed E-state index contributed by atoms with van der Waals surface area (Å²) in [6, 6.07) is -0.509. The second-order valence-corrected chi connectivity index (χ2v) is 7.28. The van der Waals surface area contributed by atoms with E-state index in [0.717, 1.165) is 42.6 Å². The second-order valence-electron chi connectivity index (χ2n) is 7.28. The third-order valence-corrected chi connectivity index (χ3v) is 5.91. The normalized spacial score (nSPS) is 26.5.